The summed E-state index contributed by atoms with van der Waals surface area (Å²) in [4.78, 5) is 19.3. The lowest BCUT2D eigenvalue weighted by Gasteiger charge is -2.10. The summed E-state index contributed by atoms with van der Waals surface area (Å²) >= 11 is 0. The number of ether oxygens (including phenoxy) is 2. The molecule has 110 valence electrons. The molecule has 6 nitrogen and oxygen atoms in total. The van der Waals surface area contributed by atoms with Crippen LogP contribution < -0.4 is 10.1 Å². The third-order valence-electron chi connectivity index (χ3n) is 2.54. The largest absolute Gasteiger partial charge is 0.491 e. The van der Waals surface area contributed by atoms with Gasteiger partial charge in [-0.2, -0.15) is 0 Å². The highest BCUT2D eigenvalue weighted by Crippen LogP contribution is 2.19. The molecule has 1 N–H and O–H groups in total. The van der Waals surface area contributed by atoms with E-state index in [1.165, 1.54) is 19.5 Å². The summed E-state index contributed by atoms with van der Waals surface area (Å²) in [7, 11) is 1.30. The second kappa shape index (κ2) is 6.69. The van der Waals surface area contributed by atoms with Crippen molar-refractivity contribution in [3.8, 4) is 5.75 Å². The standard InChI is InChI=1S/C15H17N3O3/c1-10(2)21-12-6-4-11(5-7-12)18-14-9-16-13(8-17-14)15(19)20-3/h4-10H,1-3H3,(H,17,18). The predicted octanol–water partition coefficient (Wildman–Crippen LogP) is 2.79. The smallest absolute Gasteiger partial charge is 0.358 e. The SMILES string of the molecule is COC(=O)c1cnc(Nc2ccc(OC(C)C)cc2)cn1. The number of anilines is 2. The topological polar surface area (TPSA) is 73.3 Å². The van der Waals surface area contributed by atoms with Crippen molar-refractivity contribution in [2.45, 2.75) is 20.0 Å². The van der Waals surface area contributed by atoms with Gasteiger partial charge in [0.15, 0.2) is 5.69 Å². The molecule has 0 atom stereocenters. The minimum Gasteiger partial charge on any atom is -0.491 e. The lowest BCUT2D eigenvalue weighted by atomic mass is 10.3. The fourth-order valence-corrected chi connectivity index (χ4v) is 1.64. The number of methoxy groups -OCH3 is 1. The summed E-state index contributed by atoms with van der Waals surface area (Å²) in [6, 6.07) is 7.51. The fourth-order valence-electron chi connectivity index (χ4n) is 1.64. The Labute approximate surface area is 123 Å². The molecule has 0 amide bonds. The zero-order valence-corrected chi connectivity index (χ0v) is 12.2. The third kappa shape index (κ3) is 4.17. The van der Waals surface area contributed by atoms with E-state index >= 15 is 0 Å². The van der Waals surface area contributed by atoms with Gasteiger partial charge in [-0.25, -0.2) is 14.8 Å². The second-order valence-corrected chi connectivity index (χ2v) is 4.59. The quantitative estimate of drug-likeness (QED) is 0.852. The average Bonchev–Trinajstić information content (AvgIpc) is 2.49. The number of hydrogen-bond acceptors (Lipinski definition) is 6. The van der Waals surface area contributed by atoms with Crippen LogP contribution in [0.2, 0.25) is 0 Å². The molecule has 21 heavy (non-hydrogen) atoms. The Morgan fingerprint density at radius 1 is 1.14 bits per heavy atom. The first kappa shape index (κ1) is 14.8. The van der Waals surface area contributed by atoms with Gasteiger partial charge in [-0.3, -0.25) is 0 Å². The molecule has 2 aromatic rings. The van der Waals surface area contributed by atoms with Crippen LogP contribution in [0.4, 0.5) is 11.5 Å². The van der Waals surface area contributed by atoms with Gasteiger partial charge < -0.3 is 14.8 Å². The molecule has 0 unspecified atom stereocenters. The number of hydrogen-bond donors (Lipinski definition) is 1. The summed E-state index contributed by atoms with van der Waals surface area (Å²) in [6.45, 7) is 3.95. The predicted molar refractivity (Wildman–Crippen MR) is 78.9 cm³/mol. The number of carbonyl (C=O) groups is 1. The Morgan fingerprint density at radius 3 is 2.38 bits per heavy atom. The zero-order chi connectivity index (χ0) is 15.2. The lowest BCUT2D eigenvalue weighted by Crippen LogP contribution is -2.06. The van der Waals surface area contributed by atoms with Crippen LogP contribution in [0.1, 0.15) is 24.3 Å². The zero-order valence-electron chi connectivity index (χ0n) is 12.2. The fraction of sp³-hybridized carbons (Fsp3) is 0.267. The van der Waals surface area contributed by atoms with Crippen molar-refractivity contribution in [3.05, 3.63) is 42.4 Å². The van der Waals surface area contributed by atoms with Gasteiger partial charge in [0.25, 0.3) is 0 Å². The minimum atomic E-state index is -0.510. The van der Waals surface area contributed by atoms with Crippen LogP contribution in [0.3, 0.4) is 0 Å². The van der Waals surface area contributed by atoms with Crippen LogP contribution in [0, 0.1) is 0 Å². The minimum absolute atomic E-state index is 0.139. The molecule has 0 aliphatic rings. The van der Waals surface area contributed by atoms with Gasteiger partial charge in [-0.15, -0.1) is 0 Å². The number of nitrogens with zero attached hydrogens (tertiary/aromatic N) is 2. The van der Waals surface area contributed by atoms with Gasteiger partial charge >= 0.3 is 5.97 Å². The summed E-state index contributed by atoms with van der Waals surface area (Å²) in [5.74, 6) is 0.840. The highest BCUT2D eigenvalue weighted by molar-refractivity contribution is 5.86. The van der Waals surface area contributed by atoms with Crippen molar-refractivity contribution in [2.75, 3.05) is 12.4 Å². The van der Waals surface area contributed by atoms with Crippen molar-refractivity contribution in [1.82, 2.24) is 9.97 Å². The first-order valence-electron chi connectivity index (χ1n) is 6.52. The normalized spacial score (nSPS) is 10.3. The molecular weight excluding hydrogens is 270 g/mol. The molecule has 0 spiro atoms. The van der Waals surface area contributed by atoms with E-state index in [-0.39, 0.29) is 11.8 Å². The van der Waals surface area contributed by atoms with Crippen molar-refractivity contribution in [1.29, 1.82) is 0 Å². The molecule has 0 bridgehead atoms. The molecule has 1 heterocycles. The monoisotopic (exact) mass is 287 g/mol. The Morgan fingerprint density at radius 2 is 1.86 bits per heavy atom. The molecule has 6 heteroatoms. The Balaban J connectivity index is 2.02. The van der Waals surface area contributed by atoms with Gasteiger partial charge in [-0.1, -0.05) is 0 Å². The van der Waals surface area contributed by atoms with Gasteiger partial charge in [0.1, 0.15) is 11.6 Å². The molecule has 0 fully saturated rings. The first-order valence-corrected chi connectivity index (χ1v) is 6.52. The van der Waals surface area contributed by atoms with Crippen LogP contribution >= 0.6 is 0 Å². The van der Waals surface area contributed by atoms with E-state index in [0.717, 1.165) is 11.4 Å². The highest BCUT2D eigenvalue weighted by Gasteiger charge is 2.07. The Hall–Kier alpha value is -2.63. The second-order valence-electron chi connectivity index (χ2n) is 4.59. The van der Waals surface area contributed by atoms with E-state index in [4.69, 9.17) is 4.74 Å². The van der Waals surface area contributed by atoms with Crippen molar-refractivity contribution < 1.29 is 14.3 Å². The maximum atomic E-state index is 11.2. The summed E-state index contributed by atoms with van der Waals surface area (Å²) in [5.41, 5.74) is 1.02. The number of esters is 1. The number of nitrogens with one attached hydrogen (secondary N) is 1. The molecule has 0 saturated heterocycles. The van der Waals surface area contributed by atoms with Gasteiger partial charge in [0.05, 0.1) is 25.6 Å². The van der Waals surface area contributed by atoms with E-state index in [9.17, 15) is 4.79 Å². The lowest BCUT2D eigenvalue weighted by molar-refractivity contribution is 0.0593. The molecule has 1 aromatic heterocycles. The highest BCUT2D eigenvalue weighted by atomic mass is 16.5. The Bertz CT molecular complexity index is 595. The van der Waals surface area contributed by atoms with E-state index in [1.807, 2.05) is 38.1 Å². The molecule has 0 radical (unpaired) electrons. The van der Waals surface area contributed by atoms with Gasteiger partial charge in [0.2, 0.25) is 0 Å². The van der Waals surface area contributed by atoms with Crippen molar-refractivity contribution >= 4 is 17.5 Å². The third-order valence-corrected chi connectivity index (χ3v) is 2.54. The maximum absolute atomic E-state index is 11.2. The van der Waals surface area contributed by atoms with Crippen LogP contribution in [0.5, 0.6) is 5.75 Å². The summed E-state index contributed by atoms with van der Waals surface area (Å²) in [5, 5.41) is 3.09. The number of benzene rings is 1. The van der Waals surface area contributed by atoms with Crippen LogP contribution in [-0.4, -0.2) is 29.2 Å². The molecular formula is C15H17N3O3. The van der Waals surface area contributed by atoms with E-state index in [1.54, 1.807) is 0 Å². The summed E-state index contributed by atoms with van der Waals surface area (Å²) in [6.07, 6.45) is 2.98. The van der Waals surface area contributed by atoms with Crippen LogP contribution in [0.15, 0.2) is 36.7 Å². The molecule has 2 rings (SSSR count). The molecule has 0 aliphatic heterocycles. The summed E-state index contributed by atoms with van der Waals surface area (Å²) < 4.78 is 10.1. The number of carbonyl (C=O) groups excluding carboxylic acids is 1. The molecule has 1 aromatic carbocycles. The molecule has 0 aliphatic carbocycles. The number of aromatic nitrogens is 2. The van der Waals surface area contributed by atoms with E-state index < -0.39 is 5.97 Å². The number of rotatable bonds is 5. The Kier molecular flexibility index (Phi) is 4.71. The van der Waals surface area contributed by atoms with E-state index in [0.29, 0.717) is 5.82 Å². The van der Waals surface area contributed by atoms with E-state index in [2.05, 4.69) is 20.0 Å². The van der Waals surface area contributed by atoms with Crippen LogP contribution in [0.25, 0.3) is 0 Å². The van der Waals surface area contributed by atoms with Gasteiger partial charge in [-0.05, 0) is 38.1 Å². The van der Waals surface area contributed by atoms with Crippen molar-refractivity contribution in [3.63, 3.8) is 0 Å². The molecule has 0 saturated carbocycles. The maximum Gasteiger partial charge on any atom is 0.358 e. The average molecular weight is 287 g/mol. The van der Waals surface area contributed by atoms with Crippen LogP contribution in [-0.2, 0) is 4.74 Å². The van der Waals surface area contributed by atoms with Crippen molar-refractivity contribution in [2.24, 2.45) is 0 Å². The van der Waals surface area contributed by atoms with Gasteiger partial charge in [0, 0.05) is 5.69 Å². The first-order chi connectivity index (χ1) is 10.1.